The molecule has 1 amide bonds. The molecule has 2 atom stereocenters. The van der Waals surface area contributed by atoms with Crippen molar-refractivity contribution in [3.63, 3.8) is 0 Å². The Labute approximate surface area is 118 Å². The average Bonchev–Trinajstić information content (AvgIpc) is 2.75. The minimum Gasteiger partial charge on any atom is -0.386 e. The number of fused-ring (bicyclic) bond motifs is 1. The number of benzene rings is 2. The summed E-state index contributed by atoms with van der Waals surface area (Å²) < 4.78 is 0. The van der Waals surface area contributed by atoms with Crippen LogP contribution in [0.5, 0.6) is 0 Å². The van der Waals surface area contributed by atoms with Crippen molar-refractivity contribution in [3.05, 3.63) is 59.7 Å². The van der Waals surface area contributed by atoms with E-state index in [9.17, 15) is 9.90 Å². The van der Waals surface area contributed by atoms with Gasteiger partial charge in [-0.2, -0.15) is 0 Å². The minimum absolute atomic E-state index is 0.106. The number of carbonyl (C=O) groups excluding carboxylic acids is 1. The summed E-state index contributed by atoms with van der Waals surface area (Å²) >= 11 is 0. The van der Waals surface area contributed by atoms with Gasteiger partial charge in [0.05, 0.1) is 12.1 Å². The molecule has 2 aromatic carbocycles. The SMILES string of the molecule is CC(=O)N[C@@H]1Cc2ccc(-c3ccccc3)cc2[C@H]1O. The van der Waals surface area contributed by atoms with Gasteiger partial charge >= 0.3 is 0 Å². The standard InChI is InChI=1S/C17H17NO2/c1-11(19)18-16-10-14-8-7-13(9-15(14)17(16)20)12-5-3-2-4-6-12/h2-9,16-17,20H,10H2,1H3,(H,18,19)/t16-,17-/m1/s1. The topological polar surface area (TPSA) is 49.3 Å². The predicted octanol–water partition coefficient (Wildman–Crippen LogP) is 2.45. The normalized spacial score (nSPS) is 20.5. The minimum atomic E-state index is -0.627. The van der Waals surface area contributed by atoms with E-state index in [0.29, 0.717) is 6.42 Å². The van der Waals surface area contributed by atoms with E-state index < -0.39 is 6.10 Å². The Hall–Kier alpha value is -2.13. The molecule has 0 aromatic heterocycles. The van der Waals surface area contributed by atoms with Crippen LogP contribution in [0.1, 0.15) is 24.2 Å². The van der Waals surface area contributed by atoms with Crippen LogP contribution in [0, 0.1) is 0 Å². The molecular formula is C17H17NO2. The number of amides is 1. The van der Waals surface area contributed by atoms with Gasteiger partial charge in [-0.3, -0.25) is 4.79 Å². The van der Waals surface area contributed by atoms with E-state index in [1.165, 1.54) is 6.92 Å². The highest BCUT2D eigenvalue weighted by Crippen LogP contribution is 2.34. The molecule has 20 heavy (non-hydrogen) atoms. The van der Waals surface area contributed by atoms with E-state index in [0.717, 1.165) is 22.3 Å². The summed E-state index contributed by atoms with van der Waals surface area (Å²) in [5.41, 5.74) is 4.25. The Bertz CT molecular complexity index is 637. The second-order valence-electron chi connectivity index (χ2n) is 5.24. The van der Waals surface area contributed by atoms with E-state index >= 15 is 0 Å². The van der Waals surface area contributed by atoms with E-state index in [-0.39, 0.29) is 11.9 Å². The van der Waals surface area contributed by atoms with Crippen LogP contribution in [-0.4, -0.2) is 17.1 Å². The number of aliphatic hydroxyl groups is 1. The second kappa shape index (κ2) is 5.10. The van der Waals surface area contributed by atoms with Gasteiger partial charge in [0.2, 0.25) is 5.91 Å². The fraction of sp³-hybridized carbons (Fsp3) is 0.235. The van der Waals surface area contributed by atoms with Crippen LogP contribution in [0.15, 0.2) is 48.5 Å². The molecule has 0 aliphatic heterocycles. The molecule has 2 N–H and O–H groups in total. The number of hydrogen-bond acceptors (Lipinski definition) is 2. The van der Waals surface area contributed by atoms with Gasteiger partial charge in [-0.05, 0) is 34.7 Å². The highest BCUT2D eigenvalue weighted by Gasteiger charge is 2.31. The van der Waals surface area contributed by atoms with Gasteiger partial charge in [0.25, 0.3) is 0 Å². The molecule has 0 heterocycles. The zero-order chi connectivity index (χ0) is 14.1. The van der Waals surface area contributed by atoms with Gasteiger partial charge < -0.3 is 10.4 Å². The fourth-order valence-electron chi connectivity index (χ4n) is 2.82. The summed E-state index contributed by atoms with van der Waals surface area (Å²) in [5, 5.41) is 13.2. The monoisotopic (exact) mass is 267 g/mol. The Morgan fingerprint density at radius 3 is 2.60 bits per heavy atom. The Morgan fingerprint density at radius 2 is 1.90 bits per heavy atom. The molecule has 102 valence electrons. The van der Waals surface area contributed by atoms with Gasteiger partial charge in [-0.25, -0.2) is 0 Å². The molecule has 3 rings (SSSR count). The molecule has 0 spiro atoms. The first-order valence-electron chi connectivity index (χ1n) is 6.78. The molecule has 0 saturated heterocycles. The maximum Gasteiger partial charge on any atom is 0.217 e. The molecule has 0 radical (unpaired) electrons. The van der Waals surface area contributed by atoms with Crippen molar-refractivity contribution in [2.75, 3.05) is 0 Å². The molecule has 0 unspecified atom stereocenters. The predicted molar refractivity (Wildman–Crippen MR) is 78.1 cm³/mol. The van der Waals surface area contributed by atoms with E-state index in [4.69, 9.17) is 0 Å². The van der Waals surface area contributed by atoms with Crippen molar-refractivity contribution in [2.45, 2.75) is 25.5 Å². The fourth-order valence-corrected chi connectivity index (χ4v) is 2.82. The van der Waals surface area contributed by atoms with Gasteiger partial charge in [-0.1, -0.05) is 42.5 Å². The summed E-state index contributed by atoms with van der Waals surface area (Å²) in [6.07, 6.45) is 0.0584. The summed E-state index contributed by atoms with van der Waals surface area (Å²) in [6.45, 7) is 1.48. The van der Waals surface area contributed by atoms with Crippen LogP contribution >= 0.6 is 0 Å². The highest BCUT2D eigenvalue weighted by atomic mass is 16.3. The molecule has 3 heteroatoms. The maximum absolute atomic E-state index is 11.2. The lowest BCUT2D eigenvalue weighted by molar-refractivity contribution is -0.120. The lowest BCUT2D eigenvalue weighted by Gasteiger charge is -2.15. The van der Waals surface area contributed by atoms with Crippen molar-refractivity contribution in [1.82, 2.24) is 5.32 Å². The molecule has 0 bridgehead atoms. The van der Waals surface area contributed by atoms with Crippen molar-refractivity contribution < 1.29 is 9.90 Å². The third-order valence-electron chi connectivity index (χ3n) is 3.78. The molecule has 1 aliphatic rings. The quantitative estimate of drug-likeness (QED) is 0.878. The third-order valence-corrected chi connectivity index (χ3v) is 3.78. The van der Waals surface area contributed by atoms with Crippen molar-refractivity contribution >= 4 is 5.91 Å². The molecular weight excluding hydrogens is 250 g/mol. The van der Waals surface area contributed by atoms with Crippen LogP contribution in [0.4, 0.5) is 0 Å². The summed E-state index contributed by atoms with van der Waals surface area (Å²) in [5.74, 6) is -0.106. The number of hydrogen-bond donors (Lipinski definition) is 2. The number of aliphatic hydroxyl groups excluding tert-OH is 1. The van der Waals surface area contributed by atoms with Crippen LogP contribution in [0.2, 0.25) is 0 Å². The molecule has 0 saturated carbocycles. The lowest BCUT2D eigenvalue weighted by Crippen LogP contribution is -2.36. The largest absolute Gasteiger partial charge is 0.386 e. The van der Waals surface area contributed by atoms with Crippen molar-refractivity contribution in [3.8, 4) is 11.1 Å². The Morgan fingerprint density at radius 1 is 1.15 bits per heavy atom. The van der Waals surface area contributed by atoms with Crippen molar-refractivity contribution in [1.29, 1.82) is 0 Å². The van der Waals surface area contributed by atoms with Crippen LogP contribution < -0.4 is 5.32 Å². The second-order valence-corrected chi connectivity index (χ2v) is 5.24. The lowest BCUT2D eigenvalue weighted by atomic mass is 10.00. The number of nitrogens with one attached hydrogen (secondary N) is 1. The van der Waals surface area contributed by atoms with Gasteiger partial charge in [0.15, 0.2) is 0 Å². The van der Waals surface area contributed by atoms with E-state index in [2.05, 4.69) is 11.4 Å². The highest BCUT2D eigenvalue weighted by molar-refractivity contribution is 5.74. The summed E-state index contributed by atoms with van der Waals surface area (Å²) in [4.78, 5) is 11.2. The van der Waals surface area contributed by atoms with Gasteiger partial charge in [0.1, 0.15) is 0 Å². The first-order valence-corrected chi connectivity index (χ1v) is 6.78. The van der Waals surface area contributed by atoms with Crippen LogP contribution in [0.25, 0.3) is 11.1 Å². The summed E-state index contributed by atoms with van der Waals surface area (Å²) in [6, 6.07) is 16.0. The zero-order valence-corrected chi connectivity index (χ0v) is 11.3. The first-order chi connectivity index (χ1) is 9.65. The van der Waals surface area contributed by atoms with Crippen molar-refractivity contribution in [2.24, 2.45) is 0 Å². The molecule has 2 aromatic rings. The van der Waals surface area contributed by atoms with E-state index in [1.54, 1.807) is 0 Å². The van der Waals surface area contributed by atoms with Crippen LogP contribution in [0.3, 0.4) is 0 Å². The third kappa shape index (κ3) is 2.32. The number of rotatable bonds is 2. The maximum atomic E-state index is 11.2. The van der Waals surface area contributed by atoms with Crippen LogP contribution in [-0.2, 0) is 11.2 Å². The zero-order valence-electron chi connectivity index (χ0n) is 11.3. The van der Waals surface area contributed by atoms with Gasteiger partial charge in [0, 0.05) is 6.92 Å². The molecule has 3 nitrogen and oxygen atoms in total. The van der Waals surface area contributed by atoms with E-state index in [1.807, 2.05) is 42.5 Å². The summed E-state index contributed by atoms with van der Waals surface area (Å²) in [7, 11) is 0. The Kier molecular flexibility index (Phi) is 3.28. The van der Waals surface area contributed by atoms with Gasteiger partial charge in [-0.15, -0.1) is 0 Å². The average molecular weight is 267 g/mol. The number of carbonyl (C=O) groups is 1. The Balaban J connectivity index is 1.93. The first kappa shape index (κ1) is 12.9. The molecule has 0 fully saturated rings. The molecule has 1 aliphatic carbocycles. The smallest absolute Gasteiger partial charge is 0.217 e.